The Morgan fingerprint density at radius 1 is 0.417 bits per heavy atom. The van der Waals surface area contributed by atoms with E-state index in [1.54, 1.807) is 0 Å². The zero-order valence-corrected chi connectivity index (χ0v) is 20.2. The van der Waals surface area contributed by atoms with Crippen LogP contribution in [-0.4, -0.2) is 0 Å². The number of hydrogen-bond acceptors (Lipinski definition) is 0. The number of hydrogen-bond donors (Lipinski definition) is 0. The summed E-state index contributed by atoms with van der Waals surface area (Å²) in [4.78, 5) is 0. The molecule has 0 unspecified atom stereocenters. The summed E-state index contributed by atoms with van der Waals surface area (Å²) in [6.07, 6.45) is 3.41. The summed E-state index contributed by atoms with van der Waals surface area (Å²) in [5.41, 5.74) is 10.0. The Hall–Kier alpha value is -4.42. The van der Waals surface area contributed by atoms with Crippen LogP contribution in [0.3, 0.4) is 0 Å². The van der Waals surface area contributed by atoms with Crippen molar-refractivity contribution in [3.63, 3.8) is 0 Å². The fourth-order valence-corrected chi connectivity index (χ4v) is 5.65. The second kappa shape index (κ2) is 9.68. The van der Waals surface area contributed by atoms with Gasteiger partial charge in [-0.2, -0.15) is 0 Å². The fourth-order valence-electron chi connectivity index (χ4n) is 5.65. The molecule has 5 aromatic rings. The SMILES string of the molecule is C1=C(Cc2ccccc2)C(c2ccccc2)=C(c2ccccc2)C1(c1ccccc1)c1ccccc1. The van der Waals surface area contributed by atoms with Gasteiger partial charge in [0.15, 0.2) is 0 Å². The van der Waals surface area contributed by atoms with Crippen LogP contribution in [0.4, 0.5) is 0 Å². The first-order valence-electron chi connectivity index (χ1n) is 12.6. The molecule has 0 amide bonds. The van der Waals surface area contributed by atoms with Crippen molar-refractivity contribution in [2.45, 2.75) is 11.8 Å². The molecule has 0 bridgehead atoms. The molecule has 1 aliphatic carbocycles. The first-order chi connectivity index (χ1) is 17.9. The molecule has 0 radical (unpaired) electrons. The van der Waals surface area contributed by atoms with Crippen LogP contribution in [0.1, 0.15) is 27.8 Å². The minimum Gasteiger partial charge on any atom is -0.0622 e. The van der Waals surface area contributed by atoms with Crippen molar-refractivity contribution in [1.82, 2.24) is 0 Å². The minimum absolute atomic E-state index is 0.404. The van der Waals surface area contributed by atoms with Gasteiger partial charge in [0.05, 0.1) is 5.41 Å². The zero-order valence-electron chi connectivity index (χ0n) is 20.2. The van der Waals surface area contributed by atoms with E-state index in [1.807, 2.05) is 0 Å². The van der Waals surface area contributed by atoms with E-state index >= 15 is 0 Å². The van der Waals surface area contributed by atoms with Crippen molar-refractivity contribution in [1.29, 1.82) is 0 Å². The first kappa shape index (κ1) is 22.1. The first-order valence-corrected chi connectivity index (χ1v) is 12.6. The smallest absolute Gasteiger partial charge is 0.0622 e. The molecule has 0 fully saturated rings. The molecule has 1 aliphatic rings. The molecule has 172 valence electrons. The van der Waals surface area contributed by atoms with Crippen LogP contribution in [0.5, 0.6) is 0 Å². The molecule has 5 aromatic carbocycles. The Labute approximate surface area is 213 Å². The molecule has 36 heavy (non-hydrogen) atoms. The second-order valence-corrected chi connectivity index (χ2v) is 9.35. The molecule has 0 atom stereocenters. The third kappa shape index (κ3) is 3.91. The van der Waals surface area contributed by atoms with Crippen LogP contribution >= 0.6 is 0 Å². The van der Waals surface area contributed by atoms with Gasteiger partial charge in [0.25, 0.3) is 0 Å². The Balaban J connectivity index is 1.73. The van der Waals surface area contributed by atoms with Gasteiger partial charge in [0.2, 0.25) is 0 Å². The molecule has 0 aliphatic heterocycles. The largest absolute Gasteiger partial charge is 0.0650 e. The molecular weight excluding hydrogens is 432 g/mol. The van der Waals surface area contributed by atoms with Gasteiger partial charge in [0, 0.05) is 0 Å². The highest BCUT2D eigenvalue weighted by molar-refractivity contribution is 6.08. The monoisotopic (exact) mass is 460 g/mol. The molecule has 0 heterocycles. The normalized spacial score (nSPS) is 14.5. The summed E-state index contributed by atoms with van der Waals surface area (Å²) >= 11 is 0. The standard InChI is InChI=1S/C36H28/c1-6-16-28(17-7-1)26-31-27-36(32-22-12-4-13-23-32,33-24-14-5-15-25-33)35(30-20-10-3-11-21-30)34(31)29-18-8-2-9-19-29/h1-25,27H,26H2. The Kier molecular flexibility index (Phi) is 5.93. The summed E-state index contributed by atoms with van der Waals surface area (Å²) in [6, 6.07) is 54.6. The lowest BCUT2D eigenvalue weighted by atomic mass is 9.68. The van der Waals surface area contributed by atoms with E-state index in [-0.39, 0.29) is 0 Å². The van der Waals surface area contributed by atoms with Crippen LogP contribution in [0.25, 0.3) is 11.1 Å². The van der Waals surface area contributed by atoms with E-state index < -0.39 is 5.41 Å². The molecule has 0 heteroatoms. The van der Waals surface area contributed by atoms with Crippen LogP contribution in [0.2, 0.25) is 0 Å². The predicted molar refractivity (Wildman–Crippen MR) is 152 cm³/mol. The number of rotatable bonds is 6. The molecular formula is C36H28. The lowest BCUT2D eigenvalue weighted by molar-refractivity contribution is 0.845. The summed E-state index contributed by atoms with van der Waals surface area (Å²) in [5.74, 6) is 0. The summed E-state index contributed by atoms with van der Waals surface area (Å²) in [6.45, 7) is 0. The van der Waals surface area contributed by atoms with E-state index in [0.717, 1.165) is 6.42 Å². The van der Waals surface area contributed by atoms with Gasteiger partial charge in [-0.15, -0.1) is 0 Å². The van der Waals surface area contributed by atoms with Crippen molar-refractivity contribution in [2.24, 2.45) is 0 Å². The minimum atomic E-state index is -0.404. The molecule has 0 nitrogen and oxygen atoms in total. The van der Waals surface area contributed by atoms with E-state index in [2.05, 4.69) is 158 Å². The molecule has 0 aromatic heterocycles. The average Bonchev–Trinajstić information content (AvgIpc) is 3.31. The maximum Gasteiger partial charge on any atom is 0.0650 e. The Morgan fingerprint density at radius 3 is 1.33 bits per heavy atom. The molecule has 0 N–H and O–H groups in total. The quantitative estimate of drug-likeness (QED) is 0.238. The fraction of sp³-hybridized carbons (Fsp3) is 0.0556. The number of benzene rings is 5. The third-order valence-corrected chi connectivity index (χ3v) is 7.18. The lowest BCUT2D eigenvalue weighted by Crippen LogP contribution is -2.25. The van der Waals surface area contributed by atoms with Crippen molar-refractivity contribution >= 4 is 11.1 Å². The average molecular weight is 461 g/mol. The molecule has 0 saturated heterocycles. The van der Waals surface area contributed by atoms with Crippen molar-refractivity contribution in [2.75, 3.05) is 0 Å². The lowest BCUT2D eigenvalue weighted by Gasteiger charge is -2.33. The summed E-state index contributed by atoms with van der Waals surface area (Å²) < 4.78 is 0. The van der Waals surface area contributed by atoms with E-state index in [0.29, 0.717) is 0 Å². The maximum atomic E-state index is 2.54. The van der Waals surface area contributed by atoms with Gasteiger partial charge in [-0.3, -0.25) is 0 Å². The molecule has 0 spiro atoms. The van der Waals surface area contributed by atoms with E-state index in [9.17, 15) is 0 Å². The molecule has 6 rings (SSSR count). The van der Waals surface area contributed by atoms with Crippen LogP contribution < -0.4 is 0 Å². The maximum absolute atomic E-state index is 2.54. The zero-order chi connectivity index (χ0) is 24.2. The van der Waals surface area contributed by atoms with Crippen LogP contribution in [0.15, 0.2) is 163 Å². The van der Waals surface area contributed by atoms with Gasteiger partial charge >= 0.3 is 0 Å². The molecule has 0 saturated carbocycles. The van der Waals surface area contributed by atoms with Crippen molar-refractivity contribution < 1.29 is 0 Å². The topological polar surface area (TPSA) is 0 Å². The van der Waals surface area contributed by atoms with E-state index in [1.165, 1.54) is 44.5 Å². The van der Waals surface area contributed by atoms with Crippen molar-refractivity contribution in [3.05, 3.63) is 191 Å². The number of allylic oxidation sites excluding steroid dienone is 4. The van der Waals surface area contributed by atoms with Gasteiger partial charge in [-0.05, 0) is 51.0 Å². The Morgan fingerprint density at radius 2 is 0.833 bits per heavy atom. The van der Waals surface area contributed by atoms with Gasteiger partial charge in [0.1, 0.15) is 0 Å². The van der Waals surface area contributed by atoms with Crippen LogP contribution in [0, 0.1) is 0 Å². The summed E-state index contributed by atoms with van der Waals surface area (Å²) in [5, 5.41) is 0. The van der Waals surface area contributed by atoms with E-state index in [4.69, 9.17) is 0 Å². The van der Waals surface area contributed by atoms with Gasteiger partial charge in [-0.1, -0.05) is 158 Å². The van der Waals surface area contributed by atoms with Crippen molar-refractivity contribution in [3.8, 4) is 0 Å². The van der Waals surface area contributed by atoms with Gasteiger partial charge in [-0.25, -0.2) is 0 Å². The van der Waals surface area contributed by atoms with Gasteiger partial charge < -0.3 is 0 Å². The highest BCUT2D eigenvalue weighted by atomic mass is 14.5. The highest BCUT2D eigenvalue weighted by Crippen LogP contribution is 2.56. The summed E-state index contributed by atoms with van der Waals surface area (Å²) in [7, 11) is 0. The Bertz CT molecular complexity index is 1450. The second-order valence-electron chi connectivity index (χ2n) is 9.35. The highest BCUT2D eigenvalue weighted by Gasteiger charge is 2.44. The van der Waals surface area contributed by atoms with Crippen LogP contribution in [-0.2, 0) is 11.8 Å². The third-order valence-electron chi connectivity index (χ3n) is 7.18. The predicted octanol–water partition coefficient (Wildman–Crippen LogP) is 8.77.